The average Bonchev–Trinajstić information content (AvgIpc) is 3.00. The predicted molar refractivity (Wildman–Crippen MR) is 79.6 cm³/mol. The normalized spacial score (nSPS) is 21.1. The summed E-state index contributed by atoms with van der Waals surface area (Å²) in [4.78, 5) is 14.7. The van der Waals surface area contributed by atoms with Crippen molar-refractivity contribution in [2.75, 3.05) is 7.11 Å². The minimum absolute atomic E-state index is 0.101. The Morgan fingerprint density at radius 2 is 2.33 bits per heavy atom. The molecule has 0 saturated carbocycles. The lowest BCUT2D eigenvalue weighted by Gasteiger charge is -2.28. The molecule has 21 heavy (non-hydrogen) atoms. The van der Waals surface area contributed by atoms with E-state index >= 15 is 0 Å². The summed E-state index contributed by atoms with van der Waals surface area (Å²) in [5, 5.41) is 0. The van der Waals surface area contributed by atoms with Crippen molar-refractivity contribution < 1.29 is 13.9 Å². The smallest absolute Gasteiger partial charge is 0.268 e. The number of hydrogen-bond acceptors (Lipinski definition) is 3. The topological polar surface area (TPSA) is 29.5 Å². The number of amides is 1. The van der Waals surface area contributed by atoms with E-state index in [1.165, 1.54) is 18.4 Å². The minimum atomic E-state index is -0.364. The number of methoxy groups -OCH3 is 1. The van der Waals surface area contributed by atoms with Crippen LogP contribution in [0, 0.1) is 6.08 Å². The Labute approximate surface area is 131 Å². The molecule has 109 valence electrons. The van der Waals surface area contributed by atoms with Gasteiger partial charge in [0.05, 0.1) is 22.4 Å². The highest BCUT2D eigenvalue weighted by Gasteiger charge is 2.37. The maximum atomic E-state index is 14.0. The van der Waals surface area contributed by atoms with E-state index in [9.17, 15) is 9.18 Å². The highest BCUT2D eigenvalue weighted by molar-refractivity contribution is 7.18. The Balaban J connectivity index is 1.93. The summed E-state index contributed by atoms with van der Waals surface area (Å²) >= 11 is 7.09. The van der Waals surface area contributed by atoms with E-state index in [2.05, 4.69) is 6.08 Å². The van der Waals surface area contributed by atoms with Crippen LogP contribution in [0.2, 0.25) is 4.34 Å². The van der Waals surface area contributed by atoms with Crippen LogP contribution in [0.3, 0.4) is 0 Å². The summed E-state index contributed by atoms with van der Waals surface area (Å²) in [6, 6.07) is 3.00. The van der Waals surface area contributed by atoms with Crippen LogP contribution in [0.5, 0.6) is 0 Å². The fraction of sp³-hybridized carbons (Fsp3) is 0.267. The van der Waals surface area contributed by atoms with Gasteiger partial charge in [0.2, 0.25) is 0 Å². The molecule has 1 amide bonds. The molecule has 1 aromatic heterocycles. The summed E-state index contributed by atoms with van der Waals surface area (Å²) in [6.45, 7) is 1.79. The van der Waals surface area contributed by atoms with Gasteiger partial charge < -0.3 is 9.64 Å². The van der Waals surface area contributed by atoms with Crippen molar-refractivity contribution in [1.29, 1.82) is 0 Å². The molecule has 1 aliphatic heterocycles. The molecule has 1 aromatic rings. The van der Waals surface area contributed by atoms with Crippen molar-refractivity contribution in [2.45, 2.75) is 19.4 Å². The van der Waals surface area contributed by atoms with Gasteiger partial charge in [0, 0.05) is 18.2 Å². The average molecular weight is 325 g/mol. The van der Waals surface area contributed by atoms with E-state index in [0.29, 0.717) is 14.9 Å². The summed E-state index contributed by atoms with van der Waals surface area (Å²) < 4.78 is 19.5. The molecular formula is C15H12ClFNO2S. The molecule has 0 aromatic carbocycles. The lowest BCUT2D eigenvalue weighted by molar-refractivity contribution is 0.0780. The number of rotatable bonds is 2. The van der Waals surface area contributed by atoms with Gasteiger partial charge in [-0.05, 0) is 30.7 Å². The number of nitrogens with zero attached hydrogens (tertiary/aromatic N) is 1. The highest BCUT2D eigenvalue weighted by Crippen LogP contribution is 2.38. The van der Waals surface area contributed by atoms with Crippen molar-refractivity contribution >= 4 is 28.8 Å². The molecule has 0 bridgehead atoms. The molecule has 1 atom stereocenters. The molecule has 0 saturated heterocycles. The molecule has 1 aliphatic carbocycles. The van der Waals surface area contributed by atoms with Crippen LogP contribution in [0.1, 0.15) is 23.0 Å². The molecular weight excluding hydrogens is 313 g/mol. The number of carbonyl (C=O) groups is 1. The zero-order chi connectivity index (χ0) is 15.1. The number of ether oxygens (including phenoxy) is 1. The first-order valence-corrected chi connectivity index (χ1v) is 7.54. The number of halogens is 2. The SMILES string of the molecule is COC1=C(F)CC2C(=C1)[C]=C(C)N2C(=O)c1ccc(Cl)s1. The third kappa shape index (κ3) is 2.40. The molecule has 0 spiro atoms. The monoisotopic (exact) mass is 324 g/mol. The largest absolute Gasteiger partial charge is 0.494 e. The Morgan fingerprint density at radius 1 is 1.57 bits per heavy atom. The number of fused-ring (bicyclic) bond motifs is 1. The van der Waals surface area contributed by atoms with Crippen LogP contribution < -0.4 is 0 Å². The molecule has 2 aliphatic rings. The Bertz CT molecular complexity index is 704. The Kier molecular flexibility index (Phi) is 3.63. The minimum Gasteiger partial charge on any atom is -0.494 e. The van der Waals surface area contributed by atoms with Gasteiger partial charge in [-0.1, -0.05) is 11.6 Å². The second kappa shape index (κ2) is 5.31. The first-order chi connectivity index (χ1) is 10.0. The Hall–Kier alpha value is -1.59. The summed E-state index contributed by atoms with van der Waals surface area (Å²) in [7, 11) is 1.42. The summed E-state index contributed by atoms with van der Waals surface area (Å²) in [5.74, 6) is -0.334. The summed E-state index contributed by atoms with van der Waals surface area (Å²) in [5.41, 5.74) is 1.44. The van der Waals surface area contributed by atoms with Gasteiger partial charge in [0.15, 0.2) is 5.76 Å². The van der Waals surface area contributed by atoms with Crippen molar-refractivity contribution in [2.24, 2.45) is 0 Å². The third-order valence-electron chi connectivity index (χ3n) is 3.51. The van der Waals surface area contributed by atoms with Gasteiger partial charge in [-0.3, -0.25) is 4.79 Å². The van der Waals surface area contributed by atoms with Gasteiger partial charge >= 0.3 is 0 Å². The quantitative estimate of drug-likeness (QED) is 0.820. The standard InChI is InChI=1S/C15H12ClFNO2S/c1-8-5-9-6-12(20-2)10(17)7-11(9)18(8)15(19)13-3-4-14(16)21-13/h3-4,6,11H,7H2,1-2H3. The number of allylic oxidation sites excluding steroid dienone is 2. The predicted octanol–water partition coefficient (Wildman–Crippen LogP) is 4.09. The van der Waals surface area contributed by atoms with Gasteiger partial charge in [-0.25, -0.2) is 4.39 Å². The fourth-order valence-corrected chi connectivity index (χ4v) is 3.54. The first kappa shape index (κ1) is 14.4. The molecule has 3 nitrogen and oxygen atoms in total. The van der Waals surface area contributed by atoms with Crippen LogP contribution in [0.15, 0.2) is 41.1 Å². The van der Waals surface area contributed by atoms with Crippen molar-refractivity contribution in [3.05, 3.63) is 56.4 Å². The second-order valence-electron chi connectivity index (χ2n) is 4.78. The maximum Gasteiger partial charge on any atom is 0.268 e. The van der Waals surface area contributed by atoms with Crippen molar-refractivity contribution in [1.82, 2.24) is 4.90 Å². The second-order valence-corrected chi connectivity index (χ2v) is 6.50. The van der Waals surface area contributed by atoms with Crippen LogP contribution >= 0.6 is 22.9 Å². The first-order valence-electron chi connectivity index (χ1n) is 6.35. The van der Waals surface area contributed by atoms with Crippen LogP contribution in [0.4, 0.5) is 4.39 Å². The molecule has 1 unspecified atom stereocenters. The number of thiophene rings is 1. The van der Waals surface area contributed by atoms with E-state index in [-0.39, 0.29) is 30.0 Å². The van der Waals surface area contributed by atoms with Gasteiger partial charge in [0.1, 0.15) is 5.83 Å². The zero-order valence-corrected chi connectivity index (χ0v) is 13.0. The van der Waals surface area contributed by atoms with Crippen LogP contribution in [-0.4, -0.2) is 24.0 Å². The van der Waals surface area contributed by atoms with E-state index in [0.717, 1.165) is 5.57 Å². The fourth-order valence-electron chi connectivity index (χ4n) is 2.56. The molecule has 0 fully saturated rings. The van der Waals surface area contributed by atoms with Crippen LogP contribution in [-0.2, 0) is 4.74 Å². The van der Waals surface area contributed by atoms with Gasteiger partial charge in [-0.2, -0.15) is 0 Å². The number of carbonyl (C=O) groups excluding carboxylic acids is 1. The van der Waals surface area contributed by atoms with E-state index in [1.54, 1.807) is 30.0 Å². The molecule has 6 heteroatoms. The van der Waals surface area contributed by atoms with E-state index < -0.39 is 0 Å². The molecule has 3 rings (SSSR count). The lowest BCUT2D eigenvalue weighted by Crippen LogP contribution is -2.36. The van der Waals surface area contributed by atoms with E-state index in [4.69, 9.17) is 16.3 Å². The maximum absolute atomic E-state index is 14.0. The van der Waals surface area contributed by atoms with E-state index in [1.807, 2.05) is 0 Å². The van der Waals surface area contributed by atoms with Gasteiger partial charge in [-0.15, -0.1) is 11.3 Å². The molecule has 2 heterocycles. The van der Waals surface area contributed by atoms with Crippen molar-refractivity contribution in [3.63, 3.8) is 0 Å². The zero-order valence-electron chi connectivity index (χ0n) is 11.4. The van der Waals surface area contributed by atoms with Crippen molar-refractivity contribution in [3.8, 4) is 0 Å². The van der Waals surface area contributed by atoms with Gasteiger partial charge in [0.25, 0.3) is 5.91 Å². The lowest BCUT2D eigenvalue weighted by atomic mass is 9.98. The highest BCUT2D eigenvalue weighted by atomic mass is 35.5. The summed E-state index contributed by atoms with van der Waals surface area (Å²) in [6.07, 6.45) is 4.82. The molecule has 0 N–H and O–H groups in total. The third-order valence-corrected chi connectivity index (χ3v) is 4.73. The Morgan fingerprint density at radius 3 is 2.95 bits per heavy atom. The molecule has 1 radical (unpaired) electrons. The number of hydrogen-bond donors (Lipinski definition) is 0. The van der Waals surface area contributed by atoms with Crippen LogP contribution in [0.25, 0.3) is 0 Å².